The van der Waals surface area contributed by atoms with E-state index in [2.05, 4.69) is 41.5 Å². The van der Waals surface area contributed by atoms with Crippen LogP contribution in [-0.4, -0.2) is 40.6 Å². The molecule has 4 atom stereocenters. The number of aliphatic hydroxyl groups excluding tert-OH is 1. The number of hydrogen-bond donors (Lipinski definition) is 2. The van der Waals surface area contributed by atoms with E-state index >= 15 is 0 Å². The van der Waals surface area contributed by atoms with Crippen LogP contribution < -0.4 is 0 Å². The lowest BCUT2D eigenvalue weighted by atomic mass is 9.95. The maximum absolute atomic E-state index is 11.2. The molecule has 0 spiro atoms. The van der Waals surface area contributed by atoms with Crippen LogP contribution in [0.4, 0.5) is 0 Å². The van der Waals surface area contributed by atoms with Gasteiger partial charge in [-0.15, -0.1) is 0 Å². The summed E-state index contributed by atoms with van der Waals surface area (Å²) < 4.78 is 5.20. The first-order valence-corrected chi connectivity index (χ1v) is 17.8. The van der Waals surface area contributed by atoms with Gasteiger partial charge < -0.3 is 14.9 Å². The van der Waals surface area contributed by atoms with Crippen molar-refractivity contribution < 1.29 is 32.2 Å². The standard InChI is InChI=1S/C10H20O.2C9H16O2.C9H20O.2H2/c1-4-6-7-8-10(5-2)9(3)11;1-3-7-5-6-8(4-2)11-9(7)10;1-3-5-6-7-8(4-2)9(10)11;1-3-5-6-7-9(4-2)8-10;;/h10H,4-8H2,1-3H3;7-8H,3-6H2,1-2H3;4H,3,5-7H2,1-2H3,(H,10,11);9-10H,3-8H2,1-2H3;2*1H/b;;8-4-;;;. The highest BCUT2D eigenvalue weighted by Gasteiger charge is 2.27. The highest BCUT2D eigenvalue weighted by Crippen LogP contribution is 2.24. The van der Waals surface area contributed by atoms with Crippen molar-refractivity contribution in [3.63, 3.8) is 0 Å². The molecule has 0 aromatic heterocycles. The van der Waals surface area contributed by atoms with Crippen molar-refractivity contribution in [1.29, 1.82) is 0 Å². The van der Waals surface area contributed by atoms with Crippen LogP contribution >= 0.6 is 0 Å². The van der Waals surface area contributed by atoms with E-state index < -0.39 is 5.97 Å². The lowest BCUT2D eigenvalue weighted by Gasteiger charge is -2.26. The fraction of sp³-hybridized carbons (Fsp3) is 0.865. The van der Waals surface area contributed by atoms with E-state index in [1.807, 2.05) is 6.92 Å². The van der Waals surface area contributed by atoms with Gasteiger partial charge >= 0.3 is 11.9 Å². The zero-order valence-electron chi connectivity index (χ0n) is 29.8. The number of rotatable bonds is 19. The van der Waals surface area contributed by atoms with Crippen molar-refractivity contribution in [3.05, 3.63) is 11.6 Å². The van der Waals surface area contributed by atoms with E-state index in [0.29, 0.717) is 36.2 Å². The van der Waals surface area contributed by atoms with E-state index in [1.165, 1.54) is 44.9 Å². The highest BCUT2D eigenvalue weighted by atomic mass is 16.5. The summed E-state index contributed by atoms with van der Waals surface area (Å²) in [6.07, 6.45) is 21.8. The summed E-state index contributed by atoms with van der Waals surface area (Å²) in [4.78, 5) is 32.6. The summed E-state index contributed by atoms with van der Waals surface area (Å²) in [5.74, 6) is 0.684. The largest absolute Gasteiger partial charge is 0.478 e. The number of unbranched alkanes of at least 4 members (excludes halogenated alkanes) is 6. The summed E-state index contributed by atoms with van der Waals surface area (Å²) in [7, 11) is 0. The molecule has 1 heterocycles. The first-order chi connectivity index (χ1) is 20.6. The number of carboxylic acids is 1. The molecule has 0 amide bonds. The molecule has 0 radical (unpaired) electrons. The number of cyclic esters (lactones) is 1. The molecule has 0 aromatic rings. The summed E-state index contributed by atoms with van der Waals surface area (Å²) in [5.41, 5.74) is 0.540. The van der Waals surface area contributed by atoms with Gasteiger partial charge in [-0.1, -0.05) is 112 Å². The third-order valence-electron chi connectivity index (χ3n) is 8.35. The molecule has 1 aliphatic rings. The monoisotopic (exact) mass is 617 g/mol. The fourth-order valence-corrected chi connectivity index (χ4v) is 4.87. The Kier molecular flexibility index (Phi) is 35.3. The Bertz CT molecular complexity index is 690. The summed E-state index contributed by atoms with van der Waals surface area (Å²) >= 11 is 0. The van der Waals surface area contributed by atoms with Gasteiger partial charge in [-0.2, -0.15) is 0 Å². The molecule has 6 heteroatoms. The van der Waals surface area contributed by atoms with Crippen LogP contribution in [0.3, 0.4) is 0 Å². The summed E-state index contributed by atoms with van der Waals surface area (Å²) in [6, 6.07) is 0. The van der Waals surface area contributed by atoms with Gasteiger partial charge in [-0.25, -0.2) is 4.79 Å². The van der Waals surface area contributed by atoms with Gasteiger partial charge in [0.2, 0.25) is 0 Å². The minimum atomic E-state index is -0.774. The van der Waals surface area contributed by atoms with Crippen molar-refractivity contribution in [1.82, 2.24) is 0 Å². The second kappa shape index (κ2) is 33.2. The van der Waals surface area contributed by atoms with Crippen molar-refractivity contribution in [2.75, 3.05) is 6.61 Å². The number of carboxylic acid groups (broad SMARTS) is 1. The lowest BCUT2D eigenvalue weighted by Crippen LogP contribution is -2.30. The number of aliphatic hydroxyl groups is 1. The minimum absolute atomic E-state index is 0. The molecule has 260 valence electrons. The van der Waals surface area contributed by atoms with Gasteiger partial charge in [-0.3, -0.25) is 9.59 Å². The SMILES string of the molecule is C/C=C(/CCCCC)C(=O)O.CCC1CCC(CC)C(=O)O1.CCCCCC(CC)C(C)=O.CCCCCC(CC)CO.[HH].[HH]. The van der Waals surface area contributed by atoms with Crippen molar-refractivity contribution in [3.8, 4) is 0 Å². The van der Waals surface area contributed by atoms with Crippen LogP contribution in [0.25, 0.3) is 0 Å². The number of allylic oxidation sites excluding steroid dienone is 1. The molecule has 0 bridgehead atoms. The Morgan fingerprint density at radius 1 is 0.860 bits per heavy atom. The molecule has 1 rings (SSSR count). The normalized spacial score (nSPS) is 17.5. The van der Waals surface area contributed by atoms with Gasteiger partial charge in [0.25, 0.3) is 0 Å². The number of aliphatic carboxylic acids is 1. The van der Waals surface area contributed by atoms with E-state index in [1.54, 1.807) is 19.9 Å². The number of esters is 1. The second-order valence-electron chi connectivity index (χ2n) is 11.9. The van der Waals surface area contributed by atoms with Gasteiger partial charge in [0.05, 0.1) is 5.92 Å². The van der Waals surface area contributed by atoms with Crippen molar-refractivity contribution in [2.45, 2.75) is 184 Å². The maximum atomic E-state index is 11.2. The first-order valence-electron chi connectivity index (χ1n) is 17.8. The van der Waals surface area contributed by atoms with Gasteiger partial charge in [-0.05, 0) is 77.6 Å². The Morgan fingerprint density at radius 2 is 1.42 bits per heavy atom. The molecule has 2 N–H and O–H groups in total. The molecule has 1 fully saturated rings. The number of carbonyl (C=O) groups is 3. The quantitative estimate of drug-likeness (QED) is 0.0850. The fourth-order valence-electron chi connectivity index (χ4n) is 4.87. The Labute approximate surface area is 269 Å². The van der Waals surface area contributed by atoms with Crippen LogP contribution in [0, 0.1) is 17.8 Å². The third kappa shape index (κ3) is 27.6. The minimum Gasteiger partial charge on any atom is -0.478 e. The number of carbonyl (C=O) groups excluding carboxylic acids is 2. The number of ether oxygens (including phenoxy) is 1. The Morgan fingerprint density at radius 3 is 1.79 bits per heavy atom. The lowest BCUT2D eigenvalue weighted by molar-refractivity contribution is -0.160. The Hall–Kier alpha value is -1.69. The summed E-state index contributed by atoms with van der Waals surface area (Å²) in [5, 5.41) is 17.4. The smallest absolute Gasteiger partial charge is 0.331 e. The molecule has 1 aliphatic heterocycles. The van der Waals surface area contributed by atoms with Crippen molar-refractivity contribution in [2.24, 2.45) is 17.8 Å². The zero-order valence-corrected chi connectivity index (χ0v) is 29.8. The summed E-state index contributed by atoms with van der Waals surface area (Å²) in [6.45, 7) is 18.7. The van der Waals surface area contributed by atoms with E-state index in [-0.39, 0.29) is 20.8 Å². The zero-order chi connectivity index (χ0) is 33.5. The average molecular weight is 617 g/mol. The van der Waals surface area contributed by atoms with Gasteiger partial charge in [0.15, 0.2) is 0 Å². The maximum Gasteiger partial charge on any atom is 0.331 e. The molecule has 4 unspecified atom stereocenters. The number of Topliss-reactive ketones (excluding diaryl/α,β-unsaturated/α-hetero) is 1. The van der Waals surface area contributed by atoms with Gasteiger partial charge in [0, 0.05) is 21.0 Å². The number of hydrogen-bond acceptors (Lipinski definition) is 5. The van der Waals surface area contributed by atoms with Crippen LogP contribution in [0.5, 0.6) is 0 Å². The number of ketones is 1. The van der Waals surface area contributed by atoms with E-state index in [0.717, 1.165) is 64.2 Å². The third-order valence-corrected chi connectivity index (χ3v) is 8.35. The molecule has 0 aliphatic carbocycles. The van der Waals surface area contributed by atoms with Crippen LogP contribution in [0.2, 0.25) is 0 Å². The topological polar surface area (TPSA) is 101 Å². The van der Waals surface area contributed by atoms with E-state index in [4.69, 9.17) is 14.9 Å². The first kappa shape index (κ1) is 45.7. The molecule has 6 nitrogen and oxygen atoms in total. The average Bonchev–Trinajstić information content (AvgIpc) is 3.00. The molecular weight excluding hydrogens is 540 g/mol. The second-order valence-corrected chi connectivity index (χ2v) is 11.9. The van der Waals surface area contributed by atoms with Crippen molar-refractivity contribution >= 4 is 17.7 Å². The Balaban J connectivity index is -0.000000156. The molecular formula is C37H76O6. The highest BCUT2D eigenvalue weighted by molar-refractivity contribution is 5.86. The molecule has 1 saturated heterocycles. The van der Waals surface area contributed by atoms with Crippen LogP contribution in [0.1, 0.15) is 181 Å². The predicted octanol–water partition coefficient (Wildman–Crippen LogP) is 11.0. The predicted molar refractivity (Wildman–Crippen MR) is 187 cm³/mol. The molecule has 0 aromatic carbocycles. The van der Waals surface area contributed by atoms with Gasteiger partial charge in [0.1, 0.15) is 11.9 Å². The van der Waals surface area contributed by atoms with E-state index in [9.17, 15) is 14.4 Å². The van der Waals surface area contributed by atoms with Crippen LogP contribution in [-0.2, 0) is 19.1 Å². The molecule has 43 heavy (non-hydrogen) atoms. The van der Waals surface area contributed by atoms with Crippen LogP contribution in [0.15, 0.2) is 11.6 Å². The molecule has 0 saturated carbocycles.